The second-order valence-electron chi connectivity index (χ2n) is 6.47. The van der Waals surface area contributed by atoms with Gasteiger partial charge in [0.2, 0.25) is 0 Å². The van der Waals surface area contributed by atoms with Crippen molar-refractivity contribution in [2.75, 3.05) is 13.7 Å². The minimum atomic E-state index is -0.614. The quantitative estimate of drug-likeness (QED) is 0.476. The molecular formula is C23H20ClN3O5. The number of nitrogens with one attached hydrogen (secondary N) is 3. The molecule has 32 heavy (non-hydrogen) atoms. The van der Waals surface area contributed by atoms with E-state index in [-0.39, 0.29) is 12.1 Å². The molecule has 3 amide bonds. The number of halogens is 1. The summed E-state index contributed by atoms with van der Waals surface area (Å²) in [5.74, 6) is -0.124. The first-order chi connectivity index (χ1) is 15.5. The summed E-state index contributed by atoms with van der Waals surface area (Å²) in [7, 11) is 1.41. The molecule has 0 saturated carbocycles. The molecule has 9 heteroatoms. The predicted molar refractivity (Wildman–Crippen MR) is 119 cm³/mol. The van der Waals surface area contributed by atoms with Gasteiger partial charge in [-0.25, -0.2) is 0 Å². The first kappa shape index (κ1) is 22.6. The molecule has 0 atom stereocenters. The van der Waals surface area contributed by atoms with Crippen molar-refractivity contribution in [1.29, 1.82) is 0 Å². The molecule has 3 rings (SSSR count). The van der Waals surface area contributed by atoms with Crippen molar-refractivity contribution in [3.8, 4) is 17.2 Å². The van der Waals surface area contributed by atoms with Gasteiger partial charge >= 0.3 is 0 Å². The molecule has 8 nitrogen and oxygen atoms in total. The van der Waals surface area contributed by atoms with Gasteiger partial charge < -0.3 is 14.8 Å². The highest BCUT2D eigenvalue weighted by Crippen LogP contribution is 2.22. The largest absolute Gasteiger partial charge is 0.496 e. The van der Waals surface area contributed by atoms with Crippen molar-refractivity contribution < 1.29 is 23.9 Å². The van der Waals surface area contributed by atoms with E-state index >= 15 is 0 Å². The number of carbonyl (C=O) groups excluding carboxylic acids is 3. The molecule has 0 heterocycles. The maximum absolute atomic E-state index is 12.2. The topological polar surface area (TPSA) is 106 Å². The average molecular weight is 454 g/mol. The molecule has 0 unspecified atom stereocenters. The number of carbonyl (C=O) groups is 3. The molecule has 164 valence electrons. The third kappa shape index (κ3) is 6.23. The Balaban J connectivity index is 1.47. The van der Waals surface area contributed by atoms with Crippen LogP contribution in [0, 0.1) is 0 Å². The Morgan fingerprint density at radius 2 is 1.53 bits per heavy atom. The number of hydrazine groups is 1. The van der Waals surface area contributed by atoms with Gasteiger partial charge in [0.1, 0.15) is 17.2 Å². The highest BCUT2D eigenvalue weighted by Gasteiger charge is 2.14. The fraction of sp³-hybridized carbons (Fsp3) is 0.0870. The zero-order valence-electron chi connectivity index (χ0n) is 17.1. The van der Waals surface area contributed by atoms with Crippen molar-refractivity contribution in [1.82, 2.24) is 16.2 Å². The van der Waals surface area contributed by atoms with Gasteiger partial charge in [-0.1, -0.05) is 29.8 Å². The molecule has 0 saturated heterocycles. The molecule has 0 bridgehead atoms. The van der Waals surface area contributed by atoms with Gasteiger partial charge in [0.15, 0.2) is 0 Å². The van der Waals surface area contributed by atoms with E-state index in [9.17, 15) is 14.4 Å². The summed E-state index contributed by atoms with van der Waals surface area (Å²) in [6, 6.07) is 20.2. The number of para-hydroxylation sites is 1. The van der Waals surface area contributed by atoms with Crippen LogP contribution in [0.3, 0.4) is 0 Å². The van der Waals surface area contributed by atoms with Crippen LogP contribution in [0.2, 0.25) is 5.02 Å². The summed E-state index contributed by atoms with van der Waals surface area (Å²) in [5.41, 5.74) is 4.98. The Bertz CT molecular complexity index is 1100. The van der Waals surface area contributed by atoms with Crippen LogP contribution in [0.1, 0.15) is 20.7 Å². The Labute approximate surface area is 189 Å². The van der Waals surface area contributed by atoms with Crippen molar-refractivity contribution in [2.45, 2.75) is 0 Å². The average Bonchev–Trinajstić information content (AvgIpc) is 2.82. The normalized spacial score (nSPS) is 10.1. The maximum Gasteiger partial charge on any atom is 0.273 e. The number of hydrogen-bond acceptors (Lipinski definition) is 5. The Morgan fingerprint density at radius 3 is 2.22 bits per heavy atom. The fourth-order valence-corrected chi connectivity index (χ4v) is 2.83. The Kier molecular flexibility index (Phi) is 7.66. The highest BCUT2D eigenvalue weighted by molar-refractivity contribution is 6.31. The lowest BCUT2D eigenvalue weighted by Gasteiger charge is -2.11. The molecule has 3 aromatic rings. The van der Waals surface area contributed by atoms with Crippen molar-refractivity contribution >= 4 is 29.3 Å². The molecule has 0 aliphatic rings. The van der Waals surface area contributed by atoms with Gasteiger partial charge in [-0.15, -0.1) is 0 Å². The molecule has 0 fully saturated rings. The predicted octanol–water partition coefficient (Wildman–Crippen LogP) is 3.33. The van der Waals surface area contributed by atoms with Crippen LogP contribution < -0.4 is 25.6 Å². The second-order valence-corrected chi connectivity index (χ2v) is 6.91. The number of rotatable bonds is 7. The zero-order valence-corrected chi connectivity index (χ0v) is 17.8. The highest BCUT2D eigenvalue weighted by atomic mass is 35.5. The third-order valence-electron chi connectivity index (χ3n) is 4.23. The van der Waals surface area contributed by atoms with Crippen molar-refractivity contribution in [2.24, 2.45) is 0 Å². The van der Waals surface area contributed by atoms with Crippen LogP contribution in [0.25, 0.3) is 0 Å². The second kappa shape index (κ2) is 10.8. The lowest BCUT2D eigenvalue weighted by atomic mass is 10.2. The summed E-state index contributed by atoms with van der Waals surface area (Å²) in [5, 5.41) is 2.82. The number of ether oxygens (including phenoxy) is 2. The van der Waals surface area contributed by atoms with Gasteiger partial charge in [-0.2, -0.15) is 0 Å². The van der Waals surface area contributed by atoms with Gasteiger partial charge in [-0.3, -0.25) is 25.2 Å². The monoisotopic (exact) mass is 453 g/mol. The summed E-state index contributed by atoms with van der Waals surface area (Å²) >= 11 is 5.90. The standard InChI is InChI=1S/C23H20ClN3O5/c1-31-20-12-9-16(24)13-19(20)23(30)27-26-21(28)14-25-22(29)15-7-10-18(11-8-15)32-17-5-3-2-4-6-17/h2-13H,14H2,1H3,(H,25,29)(H,26,28)(H,27,30). The summed E-state index contributed by atoms with van der Waals surface area (Å²) in [6.07, 6.45) is 0. The zero-order chi connectivity index (χ0) is 22.9. The van der Waals surface area contributed by atoms with Crippen LogP contribution in [-0.2, 0) is 4.79 Å². The summed E-state index contributed by atoms with van der Waals surface area (Å²) < 4.78 is 10.8. The molecular weight excluding hydrogens is 434 g/mol. The van der Waals surface area contributed by atoms with E-state index in [4.69, 9.17) is 21.1 Å². The van der Waals surface area contributed by atoms with E-state index in [1.807, 2.05) is 30.3 Å². The summed E-state index contributed by atoms with van der Waals surface area (Å²) in [6.45, 7) is -0.339. The molecule has 3 aromatic carbocycles. The molecule has 0 aromatic heterocycles. The van der Waals surface area contributed by atoms with E-state index < -0.39 is 17.7 Å². The van der Waals surface area contributed by atoms with Crippen LogP contribution >= 0.6 is 11.6 Å². The third-order valence-corrected chi connectivity index (χ3v) is 4.46. The van der Waals surface area contributed by atoms with Crippen LogP contribution in [0.15, 0.2) is 72.8 Å². The van der Waals surface area contributed by atoms with Crippen molar-refractivity contribution in [3.63, 3.8) is 0 Å². The maximum atomic E-state index is 12.2. The minimum Gasteiger partial charge on any atom is -0.496 e. The van der Waals surface area contributed by atoms with E-state index in [2.05, 4.69) is 16.2 Å². The lowest BCUT2D eigenvalue weighted by molar-refractivity contribution is -0.120. The number of hydrogen-bond donors (Lipinski definition) is 3. The molecule has 0 aliphatic carbocycles. The SMILES string of the molecule is COc1ccc(Cl)cc1C(=O)NNC(=O)CNC(=O)c1ccc(Oc2ccccc2)cc1. The lowest BCUT2D eigenvalue weighted by Crippen LogP contribution is -2.46. The molecule has 0 spiro atoms. The number of methoxy groups -OCH3 is 1. The van der Waals surface area contributed by atoms with Gasteiger partial charge in [0, 0.05) is 10.6 Å². The Morgan fingerprint density at radius 1 is 0.844 bits per heavy atom. The first-order valence-corrected chi connectivity index (χ1v) is 9.88. The number of benzene rings is 3. The van der Waals surface area contributed by atoms with Crippen LogP contribution in [0.5, 0.6) is 17.2 Å². The van der Waals surface area contributed by atoms with Crippen LogP contribution in [-0.4, -0.2) is 31.4 Å². The first-order valence-electron chi connectivity index (χ1n) is 9.50. The smallest absolute Gasteiger partial charge is 0.273 e. The van der Waals surface area contributed by atoms with Crippen LogP contribution in [0.4, 0.5) is 0 Å². The van der Waals surface area contributed by atoms with Gasteiger partial charge in [0.25, 0.3) is 17.7 Å². The van der Waals surface area contributed by atoms with Gasteiger partial charge in [-0.05, 0) is 54.6 Å². The molecule has 0 radical (unpaired) electrons. The van der Waals surface area contributed by atoms with E-state index in [1.54, 1.807) is 30.3 Å². The number of amides is 3. The van der Waals surface area contributed by atoms with Crippen molar-refractivity contribution in [3.05, 3.63) is 88.9 Å². The summed E-state index contributed by atoms with van der Waals surface area (Å²) in [4.78, 5) is 36.5. The molecule has 3 N–H and O–H groups in total. The van der Waals surface area contributed by atoms with E-state index in [0.717, 1.165) is 0 Å². The molecule has 0 aliphatic heterocycles. The van der Waals surface area contributed by atoms with Gasteiger partial charge in [0.05, 0.1) is 19.2 Å². The Hall–Kier alpha value is -4.04. The minimum absolute atomic E-state index is 0.155. The fourth-order valence-electron chi connectivity index (χ4n) is 2.66. The van der Waals surface area contributed by atoms with E-state index in [1.165, 1.54) is 19.2 Å². The van der Waals surface area contributed by atoms with E-state index in [0.29, 0.717) is 27.8 Å².